The maximum absolute atomic E-state index is 12.2. The van der Waals surface area contributed by atoms with Crippen LogP contribution in [0.3, 0.4) is 0 Å². The number of nitrogens with one attached hydrogen (secondary N) is 1. The van der Waals surface area contributed by atoms with Gasteiger partial charge in [0.25, 0.3) is 5.91 Å². The SMILES string of the molecule is COC(=O)c1ccc(N)c(C(=O)Nc2ccc(Cl)cn2)c1. The molecular formula is C14H12ClN3O3. The number of benzene rings is 1. The highest BCUT2D eigenvalue weighted by atomic mass is 35.5. The van der Waals surface area contributed by atoms with Crippen LogP contribution in [0.15, 0.2) is 36.5 Å². The summed E-state index contributed by atoms with van der Waals surface area (Å²) < 4.78 is 4.60. The average Bonchev–Trinajstić information content (AvgIpc) is 2.49. The highest BCUT2D eigenvalue weighted by Crippen LogP contribution is 2.17. The zero-order valence-electron chi connectivity index (χ0n) is 11.1. The number of aromatic nitrogens is 1. The highest BCUT2D eigenvalue weighted by Gasteiger charge is 2.14. The molecule has 0 fully saturated rings. The van der Waals surface area contributed by atoms with Crippen molar-refractivity contribution in [3.05, 3.63) is 52.7 Å². The number of nitrogens with two attached hydrogens (primary N) is 1. The number of halogens is 1. The molecule has 0 spiro atoms. The van der Waals surface area contributed by atoms with Gasteiger partial charge in [0.05, 0.1) is 23.3 Å². The molecule has 0 radical (unpaired) electrons. The number of carbonyl (C=O) groups excluding carboxylic acids is 2. The Morgan fingerprint density at radius 1 is 1.29 bits per heavy atom. The van der Waals surface area contributed by atoms with Gasteiger partial charge in [0.2, 0.25) is 0 Å². The number of methoxy groups -OCH3 is 1. The van der Waals surface area contributed by atoms with E-state index in [2.05, 4.69) is 15.0 Å². The number of nitrogen functional groups attached to an aromatic ring is 1. The summed E-state index contributed by atoms with van der Waals surface area (Å²) in [5.74, 6) is -0.700. The molecule has 0 atom stereocenters. The molecule has 0 unspecified atom stereocenters. The predicted molar refractivity (Wildman–Crippen MR) is 79.4 cm³/mol. The van der Waals surface area contributed by atoms with Crippen molar-refractivity contribution in [2.24, 2.45) is 0 Å². The molecule has 0 saturated heterocycles. The van der Waals surface area contributed by atoms with Crippen molar-refractivity contribution in [2.45, 2.75) is 0 Å². The van der Waals surface area contributed by atoms with Gasteiger partial charge in [0.1, 0.15) is 5.82 Å². The summed E-state index contributed by atoms with van der Waals surface area (Å²) in [4.78, 5) is 27.6. The summed E-state index contributed by atoms with van der Waals surface area (Å²) >= 11 is 5.72. The second kappa shape index (κ2) is 6.23. The first-order valence-electron chi connectivity index (χ1n) is 5.92. The molecule has 1 heterocycles. The zero-order chi connectivity index (χ0) is 15.4. The highest BCUT2D eigenvalue weighted by molar-refractivity contribution is 6.30. The van der Waals surface area contributed by atoms with E-state index in [0.29, 0.717) is 10.8 Å². The van der Waals surface area contributed by atoms with Gasteiger partial charge in [-0.25, -0.2) is 9.78 Å². The quantitative estimate of drug-likeness (QED) is 0.670. The van der Waals surface area contributed by atoms with Gasteiger partial charge in [0.15, 0.2) is 0 Å². The van der Waals surface area contributed by atoms with E-state index in [1.807, 2.05) is 0 Å². The van der Waals surface area contributed by atoms with E-state index in [-0.39, 0.29) is 16.8 Å². The summed E-state index contributed by atoms with van der Waals surface area (Å²) in [5.41, 5.74) is 6.40. The van der Waals surface area contributed by atoms with E-state index in [0.717, 1.165) is 0 Å². The molecule has 0 aliphatic carbocycles. The van der Waals surface area contributed by atoms with Gasteiger partial charge in [-0.05, 0) is 30.3 Å². The van der Waals surface area contributed by atoms with Crippen LogP contribution in [0.2, 0.25) is 5.02 Å². The van der Waals surface area contributed by atoms with Crippen molar-refractivity contribution in [3.63, 3.8) is 0 Å². The van der Waals surface area contributed by atoms with Crippen LogP contribution in [0.1, 0.15) is 20.7 Å². The third kappa shape index (κ3) is 3.49. The Hall–Kier alpha value is -2.60. The van der Waals surface area contributed by atoms with Crippen LogP contribution in [0.4, 0.5) is 11.5 Å². The number of amides is 1. The molecule has 1 aromatic carbocycles. The summed E-state index contributed by atoms with van der Waals surface area (Å²) in [5, 5.41) is 3.03. The first-order valence-corrected chi connectivity index (χ1v) is 6.30. The molecule has 1 aromatic heterocycles. The van der Waals surface area contributed by atoms with Crippen molar-refractivity contribution >= 4 is 35.0 Å². The minimum Gasteiger partial charge on any atom is -0.465 e. The molecule has 0 aliphatic heterocycles. The number of hydrogen-bond acceptors (Lipinski definition) is 5. The van der Waals surface area contributed by atoms with Gasteiger partial charge in [-0.2, -0.15) is 0 Å². The lowest BCUT2D eigenvalue weighted by atomic mass is 10.1. The average molecular weight is 306 g/mol. The van der Waals surface area contributed by atoms with E-state index in [4.69, 9.17) is 17.3 Å². The number of rotatable bonds is 3. The fourth-order valence-electron chi connectivity index (χ4n) is 1.63. The number of ether oxygens (including phenoxy) is 1. The van der Waals surface area contributed by atoms with E-state index >= 15 is 0 Å². The van der Waals surface area contributed by atoms with Crippen LogP contribution < -0.4 is 11.1 Å². The Balaban J connectivity index is 2.26. The molecule has 0 bridgehead atoms. The monoisotopic (exact) mass is 305 g/mol. The van der Waals surface area contributed by atoms with Crippen LogP contribution in [0.25, 0.3) is 0 Å². The Morgan fingerprint density at radius 2 is 2.05 bits per heavy atom. The lowest BCUT2D eigenvalue weighted by molar-refractivity contribution is 0.0601. The largest absolute Gasteiger partial charge is 0.465 e. The van der Waals surface area contributed by atoms with Crippen LogP contribution in [-0.2, 0) is 4.74 Å². The molecule has 7 heteroatoms. The second-order valence-corrected chi connectivity index (χ2v) is 4.55. The molecule has 0 saturated carbocycles. The first kappa shape index (κ1) is 14.8. The number of esters is 1. The third-order valence-electron chi connectivity index (χ3n) is 2.69. The summed E-state index contributed by atoms with van der Waals surface area (Å²) in [6.07, 6.45) is 1.41. The molecule has 3 N–H and O–H groups in total. The normalized spacial score (nSPS) is 10.0. The van der Waals surface area contributed by atoms with E-state index in [1.54, 1.807) is 12.1 Å². The topological polar surface area (TPSA) is 94.3 Å². The molecule has 2 aromatic rings. The summed E-state index contributed by atoms with van der Waals surface area (Å²) in [7, 11) is 1.26. The van der Waals surface area contributed by atoms with Crippen molar-refractivity contribution in [2.75, 3.05) is 18.2 Å². The minimum absolute atomic E-state index is 0.162. The molecule has 1 amide bonds. The van der Waals surface area contributed by atoms with E-state index < -0.39 is 11.9 Å². The molecule has 6 nitrogen and oxygen atoms in total. The van der Waals surface area contributed by atoms with E-state index in [9.17, 15) is 9.59 Å². The maximum Gasteiger partial charge on any atom is 0.337 e. The van der Waals surface area contributed by atoms with Gasteiger partial charge in [-0.1, -0.05) is 11.6 Å². The fraction of sp³-hybridized carbons (Fsp3) is 0.0714. The number of pyridine rings is 1. The zero-order valence-corrected chi connectivity index (χ0v) is 11.8. The van der Waals surface area contributed by atoms with Gasteiger partial charge >= 0.3 is 5.97 Å². The van der Waals surface area contributed by atoms with Crippen LogP contribution in [0.5, 0.6) is 0 Å². The third-order valence-corrected chi connectivity index (χ3v) is 2.91. The van der Waals surface area contributed by atoms with Crippen molar-refractivity contribution in [3.8, 4) is 0 Å². The second-order valence-electron chi connectivity index (χ2n) is 4.11. The Kier molecular flexibility index (Phi) is 4.39. The lowest BCUT2D eigenvalue weighted by Gasteiger charge is -2.08. The van der Waals surface area contributed by atoms with Gasteiger partial charge in [-0.15, -0.1) is 0 Å². The number of nitrogens with zero attached hydrogens (tertiary/aromatic N) is 1. The minimum atomic E-state index is -0.548. The Morgan fingerprint density at radius 3 is 2.67 bits per heavy atom. The fourth-order valence-corrected chi connectivity index (χ4v) is 1.74. The van der Waals surface area contributed by atoms with Crippen molar-refractivity contribution < 1.29 is 14.3 Å². The number of anilines is 2. The molecule has 21 heavy (non-hydrogen) atoms. The van der Waals surface area contributed by atoms with E-state index in [1.165, 1.54) is 31.5 Å². The predicted octanol–water partition coefficient (Wildman–Crippen LogP) is 2.36. The van der Waals surface area contributed by atoms with Crippen LogP contribution in [-0.4, -0.2) is 24.0 Å². The maximum atomic E-state index is 12.2. The van der Waals surface area contributed by atoms with Gasteiger partial charge in [-0.3, -0.25) is 4.79 Å². The smallest absolute Gasteiger partial charge is 0.337 e. The summed E-state index contributed by atoms with van der Waals surface area (Å²) in [6, 6.07) is 7.47. The Bertz CT molecular complexity index is 686. The molecular weight excluding hydrogens is 294 g/mol. The molecule has 2 rings (SSSR count). The van der Waals surface area contributed by atoms with Gasteiger partial charge in [0, 0.05) is 11.9 Å². The standard InChI is InChI=1S/C14H12ClN3O3/c1-21-14(20)8-2-4-11(16)10(6-8)13(19)18-12-5-3-9(15)7-17-12/h2-7H,16H2,1H3,(H,17,18,19). The number of carbonyl (C=O) groups is 2. The van der Waals surface area contributed by atoms with Crippen LogP contribution in [0, 0.1) is 0 Å². The first-order chi connectivity index (χ1) is 10.0. The molecule has 108 valence electrons. The number of hydrogen-bond donors (Lipinski definition) is 2. The Labute approximate surface area is 125 Å². The van der Waals surface area contributed by atoms with Crippen LogP contribution >= 0.6 is 11.6 Å². The molecule has 0 aliphatic rings. The lowest BCUT2D eigenvalue weighted by Crippen LogP contribution is -2.16. The van der Waals surface area contributed by atoms with Crippen molar-refractivity contribution in [1.82, 2.24) is 4.98 Å². The summed E-state index contributed by atoms with van der Waals surface area (Å²) in [6.45, 7) is 0. The van der Waals surface area contributed by atoms with Crippen molar-refractivity contribution in [1.29, 1.82) is 0 Å². The van der Waals surface area contributed by atoms with Gasteiger partial charge < -0.3 is 15.8 Å².